The molecule has 3 nitrogen and oxygen atoms in total. The number of nitrogens with one attached hydrogen (secondary N) is 1. The van der Waals surface area contributed by atoms with E-state index in [4.69, 9.17) is 0 Å². The van der Waals surface area contributed by atoms with Crippen molar-refractivity contribution in [1.29, 1.82) is 0 Å². The number of H-pyrrole nitrogens is 1. The molecule has 0 fully saturated rings. The van der Waals surface area contributed by atoms with Crippen LogP contribution in [-0.4, -0.2) is 16.3 Å². The minimum atomic E-state index is -4.70. The Morgan fingerprint density at radius 3 is 2.80 bits per heavy atom. The van der Waals surface area contributed by atoms with E-state index < -0.39 is 6.36 Å². The van der Waals surface area contributed by atoms with Crippen molar-refractivity contribution in [3.63, 3.8) is 0 Å². The summed E-state index contributed by atoms with van der Waals surface area (Å²) in [5, 5.41) is 0.539. The summed E-state index contributed by atoms with van der Waals surface area (Å²) in [5.41, 5.74) is 0.497. The highest BCUT2D eigenvalue weighted by Crippen LogP contribution is 2.28. The molecule has 1 N–H and O–H groups in total. The standard InChI is InChI=1S/C8H4BrF3N2O/c9-6-3-14-7-5(6)1-4(2-13-7)15-8(10,11)12/h1-3H,(H,13,14). The van der Waals surface area contributed by atoms with Crippen LogP contribution in [0.4, 0.5) is 13.2 Å². The lowest BCUT2D eigenvalue weighted by atomic mass is 10.3. The van der Waals surface area contributed by atoms with Crippen LogP contribution in [0.25, 0.3) is 11.0 Å². The molecular weight excluding hydrogens is 277 g/mol. The summed E-state index contributed by atoms with van der Waals surface area (Å²) in [5.74, 6) is -0.338. The van der Waals surface area contributed by atoms with Gasteiger partial charge in [-0.15, -0.1) is 13.2 Å². The summed E-state index contributed by atoms with van der Waals surface area (Å²) in [7, 11) is 0. The van der Waals surface area contributed by atoms with Crippen LogP contribution in [0, 0.1) is 0 Å². The number of fused-ring (bicyclic) bond motifs is 1. The zero-order valence-electron chi connectivity index (χ0n) is 7.10. The fourth-order valence-electron chi connectivity index (χ4n) is 1.14. The second-order valence-corrected chi connectivity index (χ2v) is 3.61. The molecule has 0 amide bonds. The lowest BCUT2D eigenvalue weighted by molar-refractivity contribution is -0.274. The van der Waals surface area contributed by atoms with Gasteiger partial charge in [-0.05, 0) is 22.0 Å². The highest BCUT2D eigenvalue weighted by molar-refractivity contribution is 9.10. The molecule has 0 saturated heterocycles. The second-order valence-electron chi connectivity index (χ2n) is 2.75. The van der Waals surface area contributed by atoms with Gasteiger partial charge >= 0.3 is 6.36 Å². The van der Waals surface area contributed by atoms with Crippen molar-refractivity contribution in [3.8, 4) is 5.75 Å². The molecule has 0 aliphatic carbocycles. The van der Waals surface area contributed by atoms with Gasteiger partial charge in [-0.3, -0.25) is 0 Å². The largest absolute Gasteiger partial charge is 0.573 e. The molecule has 80 valence electrons. The molecule has 0 bridgehead atoms. The van der Waals surface area contributed by atoms with Crippen LogP contribution in [0.5, 0.6) is 5.75 Å². The molecule has 2 rings (SSSR count). The molecule has 2 aromatic heterocycles. The first-order valence-electron chi connectivity index (χ1n) is 3.84. The highest BCUT2D eigenvalue weighted by Gasteiger charge is 2.31. The Hall–Kier alpha value is -1.24. The minimum Gasteiger partial charge on any atom is -0.404 e. The van der Waals surface area contributed by atoms with Gasteiger partial charge < -0.3 is 9.72 Å². The molecule has 0 atom stereocenters. The third-order valence-electron chi connectivity index (χ3n) is 1.69. The molecule has 0 unspecified atom stereocenters. The Morgan fingerprint density at radius 1 is 1.40 bits per heavy atom. The maximum absolute atomic E-state index is 11.9. The van der Waals surface area contributed by atoms with E-state index >= 15 is 0 Å². The van der Waals surface area contributed by atoms with Crippen molar-refractivity contribution in [2.75, 3.05) is 0 Å². The predicted molar refractivity (Wildman–Crippen MR) is 50.5 cm³/mol. The van der Waals surface area contributed by atoms with E-state index in [1.807, 2.05) is 0 Å². The van der Waals surface area contributed by atoms with Crippen molar-refractivity contribution in [2.45, 2.75) is 6.36 Å². The summed E-state index contributed by atoms with van der Waals surface area (Å²) in [6.07, 6.45) is -2.09. The van der Waals surface area contributed by atoms with Crippen LogP contribution in [0.3, 0.4) is 0 Å². The lowest BCUT2D eigenvalue weighted by Crippen LogP contribution is -2.17. The number of halogens is 4. The zero-order chi connectivity index (χ0) is 11.1. The van der Waals surface area contributed by atoms with E-state index in [2.05, 4.69) is 30.6 Å². The van der Waals surface area contributed by atoms with E-state index in [0.717, 1.165) is 6.20 Å². The third-order valence-corrected chi connectivity index (χ3v) is 2.35. The molecule has 15 heavy (non-hydrogen) atoms. The molecule has 7 heteroatoms. The van der Waals surface area contributed by atoms with Gasteiger partial charge in [0.1, 0.15) is 11.4 Å². The first-order chi connectivity index (χ1) is 6.96. The number of ether oxygens (including phenoxy) is 1. The average Bonchev–Trinajstić information content (AvgIpc) is 2.45. The maximum atomic E-state index is 11.9. The summed E-state index contributed by atoms with van der Waals surface area (Å²) >= 11 is 3.17. The zero-order valence-corrected chi connectivity index (χ0v) is 8.69. The van der Waals surface area contributed by atoms with E-state index in [1.54, 1.807) is 6.20 Å². The van der Waals surface area contributed by atoms with Crippen LogP contribution in [0.2, 0.25) is 0 Å². The van der Waals surface area contributed by atoms with Crippen LogP contribution < -0.4 is 4.74 Å². The van der Waals surface area contributed by atoms with Crippen molar-refractivity contribution in [2.24, 2.45) is 0 Å². The smallest absolute Gasteiger partial charge is 0.404 e. The first-order valence-corrected chi connectivity index (χ1v) is 4.63. The highest BCUT2D eigenvalue weighted by atomic mass is 79.9. The molecule has 2 heterocycles. The Labute approximate surface area is 90.4 Å². The van der Waals surface area contributed by atoms with Gasteiger partial charge in [-0.2, -0.15) is 0 Å². The molecule has 0 aliphatic heterocycles. The van der Waals surface area contributed by atoms with Gasteiger partial charge in [0.05, 0.1) is 6.20 Å². The van der Waals surface area contributed by atoms with Crippen LogP contribution >= 0.6 is 15.9 Å². The quantitative estimate of drug-likeness (QED) is 0.871. The molecule has 0 saturated carbocycles. The normalized spacial score (nSPS) is 12.0. The van der Waals surface area contributed by atoms with Gasteiger partial charge in [0.25, 0.3) is 0 Å². The number of aromatic amines is 1. The number of aromatic nitrogens is 2. The van der Waals surface area contributed by atoms with Gasteiger partial charge in [0, 0.05) is 16.1 Å². The molecule has 0 aliphatic rings. The maximum Gasteiger partial charge on any atom is 0.573 e. The summed E-state index contributed by atoms with van der Waals surface area (Å²) in [6, 6.07) is 1.26. The van der Waals surface area contributed by atoms with E-state index in [9.17, 15) is 13.2 Å². The molecule has 0 radical (unpaired) electrons. The first kappa shape index (κ1) is 10.3. The van der Waals surface area contributed by atoms with Gasteiger partial charge in [-0.1, -0.05) is 0 Å². The lowest BCUT2D eigenvalue weighted by Gasteiger charge is -2.07. The number of nitrogens with zero attached hydrogens (tertiary/aromatic N) is 1. The van der Waals surface area contributed by atoms with Crippen molar-refractivity contribution >= 4 is 27.0 Å². The van der Waals surface area contributed by atoms with Crippen LogP contribution in [0.1, 0.15) is 0 Å². The van der Waals surface area contributed by atoms with Crippen molar-refractivity contribution in [1.82, 2.24) is 9.97 Å². The van der Waals surface area contributed by atoms with Gasteiger partial charge in [0.2, 0.25) is 0 Å². The van der Waals surface area contributed by atoms with E-state index in [0.29, 0.717) is 15.5 Å². The number of hydrogen-bond acceptors (Lipinski definition) is 2. The Balaban J connectivity index is 2.42. The minimum absolute atomic E-state index is 0.338. The SMILES string of the molecule is FC(F)(F)Oc1cnc2[nH]cc(Br)c2c1. The number of alkyl halides is 3. The summed E-state index contributed by atoms with van der Waals surface area (Å²) in [4.78, 5) is 6.56. The van der Waals surface area contributed by atoms with E-state index in [-0.39, 0.29) is 5.75 Å². The van der Waals surface area contributed by atoms with Gasteiger partial charge in [-0.25, -0.2) is 4.98 Å². The van der Waals surface area contributed by atoms with Crippen LogP contribution in [-0.2, 0) is 0 Å². The number of rotatable bonds is 1. The fourth-order valence-corrected chi connectivity index (χ4v) is 1.56. The second kappa shape index (κ2) is 3.41. The Kier molecular flexibility index (Phi) is 2.34. The van der Waals surface area contributed by atoms with Crippen molar-refractivity contribution in [3.05, 3.63) is 22.9 Å². The van der Waals surface area contributed by atoms with E-state index in [1.165, 1.54) is 6.07 Å². The average molecular weight is 281 g/mol. The van der Waals surface area contributed by atoms with Gasteiger partial charge in [0.15, 0.2) is 0 Å². The fraction of sp³-hybridized carbons (Fsp3) is 0.125. The Bertz CT molecular complexity index is 494. The van der Waals surface area contributed by atoms with Crippen LogP contribution in [0.15, 0.2) is 22.9 Å². The molecule has 0 spiro atoms. The summed E-state index contributed by atoms with van der Waals surface area (Å²) in [6.45, 7) is 0. The summed E-state index contributed by atoms with van der Waals surface area (Å²) < 4.78 is 40.1. The molecule has 2 aromatic rings. The Morgan fingerprint density at radius 2 is 2.13 bits per heavy atom. The molecular formula is C8H4BrF3N2O. The monoisotopic (exact) mass is 280 g/mol. The predicted octanol–water partition coefficient (Wildman–Crippen LogP) is 3.22. The number of hydrogen-bond donors (Lipinski definition) is 1. The molecule has 0 aromatic carbocycles. The topological polar surface area (TPSA) is 37.9 Å². The van der Waals surface area contributed by atoms with Crippen molar-refractivity contribution < 1.29 is 17.9 Å². The number of pyridine rings is 1. The third kappa shape index (κ3) is 2.23.